The normalized spacial score (nSPS) is 16.3. The number of amides is 4. The summed E-state index contributed by atoms with van der Waals surface area (Å²) in [4.78, 5) is 49.9. The Morgan fingerprint density at radius 3 is 2.74 bits per heavy atom. The number of nitrogens with zero attached hydrogens (tertiary/aromatic N) is 1. The zero-order valence-electron chi connectivity index (χ0n) is 16.6. The second-order valence-corrected chi connectivity index (χ2v) is 7.34. The largest absolute Gasteiger partial charge is 0.496 e. The molecule has 162 valence electrons. The van der Waals surface area contributed by atoms with Crippen LogP contribution in [0.3, 0.4) is 0 Å². The van der Waals surface area contributed by atoms with Gasteiger partial charge in [0.2, 0.25) is 11.8 Å². The fourth-order valence-electron chi connectivity index (χ4n) is 3.25. The number of carbonyl (C=O) groups is 4. The van der Waals surface area contributed by atoms with Gasteiger partial charge in [0.15, 0.2) is 0 Å². The summed E-state index contributed by atoms with van der Waals surface area (Å²) in [6.45, 7) is -0.405. The second-order valence-electron chi connectivity index (χ2n) is 6.90. The Morgan fingerprint density at radius 1 is 1.26 bits per heavy atom. The number of rotatable bonds is 5. The molecule has 1 unspecified atom stereocenters. The lowest BCUT2D eigenvalue weighted by molar-refractivity contribution is -0.133. The Labute approximate surface area is 182 Å². The summed E-state index contributed by atoms with van der Waals surface area (Å²) in [5.74, 6) is -2.38. The number of anilines is 1. The molecule has 0 aromatic heterocycles. The number of aromatic carboxylic acids is 1. The summed E-state index contributed by atoms with van der Waals surface area (Å²) in [6.07, 6.45) is 0.196. The first-order valence-electron chi connectivity index (χ1n) is 9.33. The van der Waals surface area contributed by atoms with Gasteiger partial charge in [-0.05, 0) is 48.4 Å². The summed E-state index contributed by atoms with van der Waals surface area (Å²) < 4.78 is 5.32. The number of methoxy groups -OCH3 is 1. The maximum atomic E-state index is 13.1. The molecule has 31 heavy (non-hydrogen) atoms. The van der Waals surface area contributed by atoms with Crippen LogP contribution in [0.1, 0.15) is 15.9 Å². The smallest absolute Gasteiger partial charge is 0.335 e. The highest BCUT2D eigenvalue weighted by atomic mass is 35.5. The molecular formula is C21H20ClN3O6. The van der Waals surface area contributed by atoms with Crippen molar-refractivity contribution in [2.45, 2.75) is 6.42 Å². The molecule has 4 amide bonds. The van der Waals surface area contributed by atoms with Gasteiger partial charge in [0.05, 0.1) is 18.6 Å². The highest BCUT2D eigenvalue weighted by Gasteiger charge is 2.34. The molecule has 3 rings (SSSR count). The number of nitrogens with one attached hydrogen (secondary N) is 2. The third-order valence-corrected chi connectivity index (χ3v) is 5.01. The van der Waals surface area contributed by atoms with Crippen molar-refractivity contribution in [1.29, 1.82) is 0 Å². The van der Waals surface area contributed by atoms with Crippen LogP contribution >= 0.6 is 11.6 Å². The van der Waals surface area contributed by atoms with Crippen molar-refractivity contribution in [2.75, 3.05) is 25.5 Å². The Morgan fingerprint density at radius 2 is 2.03 bits per heavy atom. The van der Waals surface area contributed by atoms with Crippen LogP contribution < -0.4 is 15.4 Å². The lowest BCUT2D eigenvalue weighted by Gasteiger charge is -2.22. The van der Waals surface area contributed by atoms with Gasteiger partial charge in [-0.2, -0.15) is 0 Å². The fraction of sp³-hybridized carbons (Fsp3) is 0.238. The van der Waals surface area contributed by atoms with Gasteiger partial charge in [-0.1, -0.05) is 17.7 Å². The maximum absolute atomic E-state index is 13.1. The van der Waals surface area contributed by atoms with Gasteiger partial charge in [-0.15, -0.1) is 0 Å². The predicted octanol–water partition coefficient (Wildman–Crippen LogP) is 2.40. The van der Waals surface area contributed by atoms with E-state index in [2.05, 4.69) is 10.6 Å². The van der Waals surface area contributed by atoms with Gasteiger partial charge < -0.3 is 20.5 Å². The minimum atomic E-state index is -1.16. The first-order chi connectivity index (χ1) is 14.8. The molecule has 2 aromatic carbocycles. The van der Waals surface area contributed by atoms with Crippen LogP contribution in [0.5, 0.6) is 5.75 Å². The molecule has 1 heterocycles. The molecule has 1 saturated heterocycles. The molecule has 0 radical (unpaired) electrons. The number of carboxylic acids is 1. The molecule has 2 aromatic rings. The van der Waals surface area contributed by atoms with Crippen LogP contribution in [0, 0.1) is 5.92 Å². The molecule has 1 aliphatic rings. The lowest BCUT2D eigenvalue weighted by Crippen LogP contribution is -2.44. The molecule has 1 atom stereocenters. The zero-order chi connectivity index (χ0) is 22.5. The van der Waals surface area contributed by atoms with E-state index in [4.69, 9.17) is 21.4 Å². The molecule has 9 nitrogen and oxygen atoms in total. The van der Waals surface area contributed by atoms with Gasteiger partial charge in [0, 0.05) is 17.3 Å². The van der Waals surface area contributed by atoms with Crippen LogP contribution in [-0.4, -0.2) is 54.0 Å². The molecule has 0 saturated carbocycles. The van der Waals surface area contributed by atoms with Crippen molar-refractivity contribution in [1.82, 2.24) is 10.2 Å². The van der Waals surface area contributed by atoms with E-state index < -0.39 is 36.3 Å². The fourth-order valence-corrected chi connectivity index (χ4v) is 3.44. The second kappa shape index (κ2) is 9.48. The monoisotopic (exact) mass is 445 g/mol. The Hall–Kier alpha value is -3.59. The van der Waals surface area contributed by atoms with Crippen LogP contribution in [-0.2, 0) is 16.0 Å². The quantitative estimate of drug-likeness (QED) is 0.649. The average Bonchev–Trinajstić information content (AvgIpc) is 2.87. The summed E-state index contributed by atoms with van der Waals surface area (Å²) in [6, 6.07) is 9.76. The first-order valence-corrected chi connectivity index (χ1v) is 9.71. The summed E-state index contributed by atoms with van der Waals surface area (Å²) in [5, 5.41) is 14.7. The first kappa shape index (κ1) is 22.1. The van der Waals surface area contributed by atoms with Crippen molar-refractivity contribution in [2.24, 2.45) is 5.92 Å². The molecule has 0 aliphatic carbocycles. The van der Waals surface area contributed by atoms with Crippen LogP contribution in [0.25, 0.3) is 0 Å². The summed E-state index contributed by atoms with van der Waals surface area (Å²) >= 11 is 6.06. The van der Waals surface area contributed by atoms with E-state index in [-0.39, 0.29) is 24.2 Å². The maximum Gasteiger partial charge on any atom is 0.335 e. The molecule has 1 aliphatic heterocycles. The minimum Gasteiger partial charge on any atom is -0.496 e. The third-order valence-electron chi connectivity index (χ3n) is 4.78. The predicted molar refractivity (Wildman–Crippen MR) is 112 cm³/mol. The van der Waals surface area contributed by atoms with Gasteiger partial charge in [0.25, 0.3) is 0 Å². The number of carbonyl (C=O) groups excluding carboxylic acids is 3. The van der Waals surface area contributed by atoms with Gasteiger partial charge >= 0.3 is 12.0 Å². The molecule has 1 fully saturated rings. The van der Waals surface area contributed by atoms with Crippen molar-refractivity contribution in [3.63, 3.8) is 0 Å². The molecule has 0 spiro atoms. The number of benzene rings is 2. The van der Waals surface area contributed by atoms with E-state index in [1.54, 1.807) is 18.2 Å². The van der Waals surface area contributed by atoms with Crippen molar-refractivity contribution in [3.8, 4) is 5.75 Å². The Kier molecular flexibility index (Phi) is 6.76. The number of ether oxygens (including phenoxy) is 1. The number of hydrogen-bond donors (Lipinski definition) is 3. The van der Waals surface area contributed by atoms with E-state index >= 15 is 0 Å². The number of halogens is 1. The third kappa shape index (κ3) is 5.32. The Balaban J connectivity index is 1.81. The standard InChI is InChI=1S/C21H20ClN3O6/c1-31-17-6-5-15(22)8-13(17)7-14-10-23-18(26)11-25(19(14)27)21(30)24-16-4-2-3-12(9-16)20(28)29/h2-6,8-9,14H,7,10-11H2,1H3,(H,23,26)(H,24,30)(H,28,29). The van der Waals surface area contributed by atoms with E-state index in [9.17, 15) is 19.2 Å². The van der Waals surface area contributed by atoms with E-state index in [0.29, 0.717) is 16.3 Å². The van der Waals surface area contributed by atoms with Crippen LogP contribution in [0.2, 0.25) is 5.02 Å². The van der Waals surface area contributed by atoms with Crippen molar-refractivity contribution < 1.29 is 29.0 Å². The number of imide groups is 1. The van der Waals surface area contributed by atoms with Gasteiger partial charge in [-0.25, -0.2) is 9.59 Å². The summed E-state index contributed by atoms with van der Waals surface area (Å²) in [7, 11) is 1.49. The van der Waals surface area contributed by atoms with E-state index in [1.807, 2.05) is 0 Å². The summed E-state index contributed by atoms with van der Waals surface area (Å²) in [5.41, 5.74) is 0.832. The number of carboxylic acid groups (broad SMARTS) is 1. The van der Waals surface area contributed by atoms with Gasteiger partial charge in [0.1, 0.15) is 12.3 Å². The topological polar surface area (TPSA) is 125 Å². The van der Waals surface area contributed by atoms with E-state index in [0.717, 1.165) is 4.90 Å². The minimum absolute atomic E-state index is 0.0244. The number of hydrogen-bond acceptors (Lipinski definition) is 5. The molecular weight excluding hydrogens is 426 g/mol. The molecule has 0 bridgehead atoms. The van der Waals surface area contributed by atoms with Crippen LogP contribution in [0.4, 0.5) is 10.5 Å². The van der Waals surface area contributed by atoms with Crippen molar-refractivity contribution >= 4 is 41.1 Å². The van der Waals surface area contributed by atoms with Crippen molar-refractivity contribution in [3.05, 3.63) is 58.6 Å². The lowest BCUT2D eigenvalue weighted by atomic mass is 9.97. The number of urea groups is 1. The highest BCUT2D eigenvalue weighted by Crippen LogP contribution is 2.26. The zero-order valence-corrected chi connectivity index (χ0v) is 17.3. The average molecular weight is 446 g/mol. The Bertz CT molecular complexity index is 1040. The van der Waals surface area contributed by atoms with Gasteiger partial charge in [-0.3, -0.25) is 14.5 Å². The highest BCUT2D eigenvalue weighted by molar-refractivity contribution is 6.30. The van der Waals surface area contributed by atoms with E-state index in [1.165, 1.54) is 31.4 Å². The molecule has 3 N–H and O–H groups in total. The van der Waals surface area contributed by atoms with Crippen LogP contribution in [0.15, 0.2) is 42.5 Å². The SMILES string of the molecule is COc1ccc(Cl)cc1CC1CNC(=O)CN(C(=O)Nc2cccc(C(=O)O)c2)C1=O. The molecule has 10 heteroatoms.